The Kier molecular flexibility index (Phi) is 2.35. The molecule has 0 spiro atoms. The number of carbonyl (C=O) groups is 1. The zero-order valence-corrected chi connectivity index (χ0v) is 6.45. The van der Waals surface area contributed by atoms with Crippen molar-refractivity contribution in [2.24, 2.45) is 5.73 Å². The summed E-state index contributed by atoms with van der Waals surface area (Å²) in [7, 11) is 0. The van der Waals surface area contributed by atoms with Gasteiger partial charge in [-0.2, -0.15) is 0 Å². The van der Waals surface area contributed by atoms with Gasteiger partial charge in [-0.3, -0.25) is 4.79 Å². The standard InChI is InChI=1S/C7H11N3O2/c8-4(3-7(11)12)5-1-2-6(9)10-5/h1-2,4,10H,3,8-9H2,(H,11,12). The number of hydrogen-bond donors (Lipinski definition) is 4. The first-order valence-electron chi connectivity index (χ1n) is 3.51. The van der Waals surface area contributed by atoms with Gasteiger partial charge in [0.1, 0.15) is 5.82 Å². The molecule has 0 saturated carbocycles. The van der Waals surface area contributed by atoms with Crippen LogP contribution in [-0.2, 0) is 4.79 Å². The van der Waals surface area contributed by atoms with Crippen LogP contribution in [0.4, 0.5) is 5.82 Å². The van der Waals surface area contributed by atoms with E-state index < -0.39 is 12.0 Å². The molecule has 1 aromatic heterocycles. The minimum atomic E-state index is -0.921. The summed E-state index contributed by atoms with van der Waals surface area (Å²) in [5.74, 6) is -0.429. The zero-order chi connectivity index (χ0) is 9.14. The van der Waals surface area contributed by atoms with Crippen molar-refractivity contribution in [1.82, 2.24) is 4.98 Å². The van der Waals surface area contributed by atoms with Crippen LogP contribution in [0.15, 0.2) is 12.1 Å². The van der Waals surface area contributed by atoms with Crippen LogP contribution in [0.3, 0.4) is 0 Å². The molecular formula is C7H11N3O2. The number of H-pyrrole nitrogens is 1. The number of aliphatic carboxylic acids is 1. The van der Waals surface area contributed by atoms with Gasteiger partial charge in [0.25, 0.3) is 0 Å². The third-order valence-corrected chi connectivity index (χ3v) is 1.53. The van der Waals surface area contributed by atoms with Crippen molar-refractivity contribution in [2.45, 2.75) is 12.5 Å². The maximum atomic E-state index is 10.3. The van der Waals surface area contributed by atoms with Gasteiger partial charge < -0.3 is 21.6 Å². The molecule has 12 heavy (non-hydrogen) atoms. The first kappa shape index (κ1) is 8.61. The van der Waals surface area contributed by atoms with Crippen molar-refractivity contribution in [2.75, 3.05) is 5.73 Å². The highest BCUT2D eigenvalue weighted by Crippen LogP contribution is 2.13. The Morgan fingerprint density at radius 2 is 2.33 bits per heavy atom. The summed E-state index contributed by atoms with van der Waals surface area (Å²) >= 11 is 0. The number of anilines is 1. The summed E-state index contributed by atoms with van der Waals surface area (Å²) < 4.78 is 0. The van der Waals surface area contributed by atoms with Crippen molar-refractivity contribution < 1.29 is 9.90 Å². The smallest absolute Gasteiger partial charge is 0.305 e. The monoisotopic (exact) mass is 169 g/mol. The van der Waals surface area contributed by atoms with E-state index in [2.05, 4.69) is 4.98 Å². The molecule has 0 aliphatic carbocycles. The zero-order valence-electron chi connectivity index (χ0n) is 6.45. The molecule has 66 valence electrons. The average molecular weight is 169 g/mol. The third kappa shape index (κ3) is 2.00. The van der Waals surface area contributed by atoms with Crippen molar-refractivity contribution in [3.63, 3.8) is 0 Å². The van der Waals surface area contributed by atoms with Gasteiger partial charge in [-0.05, 0) is 12.1 Å². The van der Waals surface area contributed by atoms with Crippen molar-refractivity contribution >= 4 is 11.8 Å². The Balaban J connectivity index is 2.64. The summed E-state index contributed by atoms with van der Waals surface area (Å²) in [4.78, 5) is 13.0. The molecule has 5 nitrogen and oxygen atoms in total. The molecule has 0 fully saturated rings. The van der Waals surface area contributed by atoms with Gasteiger partial charge in [0.2, 0.25) is 0 Å². The van der Waals surface area contributed by atoms with E-state index in [9.17, 15) is 4.79 Å². The van der Waals surface area contributed by atoms with Gasteiger partial charge in [0.05, 0.1) is 12.5 Å². The van der Waals surface area contributed by atoms with E-state index in [4.69, 9.17) is 16.6 Å². The highest BCUT2D eigenvalue weighted by molar-refractivity contribution is 5.67. The van der Waals surface area contributed by atoms with Crippen LogP contribution < -0.4 is 11.5 Å². The molecule has 1 rings (SSSR count). The van der Waals surface area contributed by atoms with E-state index in [-0.39, 0.29) is 6.42 Å². The number of nitrogens with one attached hydrogen (secondary N) is 1. The van der Waals surface area contributed by atoms with Crippen LogP contribution in [0.1, 0.15) is 18.2 Å². The molecule has 1 unspecified atom stereocenters. The fourth-order valence-corrected chi connectivity index (χ4v) is 0.944. The number of nitrogen functional groups attached to an aromatic ring is 1. The summed E-state index contributed by atoms with van der Waals surface area (Å²) in [6, 6.07) is 2.82. The van der Waals surface area contributed by atoms with Crippen LogP contribution in [0.2, 0.25) is 0 Å². The van der Waals surface area contributed by atoms with E-state index in [1.54, 1.807) is 12.1 Å². The van der Waals surface area contributed by atoms with Crippen LogP contribution >= 0.6 is 0 Å². The summed E-state index contributed by atoms with van der Waals surface area (Å²) in [6.07, 6.45) is -0.0973. The summed E-state index contributed by atoms with van der Waals surface area (Å²) in [5, 5.41) is 8.43. The van der Waals surface area contributed by atoms with Crippen LogP contribution in [0.5, 0.6) is 0 Å². The van der Waals surface area contributed by atoms with E-state index in [1.165, 1.54) is 0 Å². The van der Waals surface area contributed by atoms with Crippen LogP contribution in [-0.4, -0.2) is 16.1 Å². The largest absolute Gasteiger partial charge is 0.481 e. The first-order chi connectivity index (χ1) is 5.59. The molecule has 0 radical (unpaired) electrons. The summed E-state index contributed by atoms with van der Waals surface area (Å²) in [5.41, 5.74) is 11.6. The molecule has 0 aliphatic rings. The number of carboxylic acid groups (broad SMARTS) is 1. The Hall–Kier alpha value is -1.49. The fourth-order valence-electron chi connectivity index (χ4n) is 0.944. The van der Waals surface area contributed by atoms with Gasteiger partial charge >= 0.3 is 5.97 Å². The van der Waals surface area contributed by atoms with Gasteiger partial charge in [0.15, 0.2) is 0 Å². The minimum absolute atomic E-state index is 0.0973. The Morgan fingerprint density at radius 1 is 1.67 bits per heavy atom. The molecule has 1 aromatic rings. The summed E-state index contributed by atoms with van der Waals surface area (Å²) in [6.45, 7) is 0. The lowest BCUT2D eigenvalue weighted by Gasteiger charge is -2.05. The Labute approximate surface area is 69.4 Å². The van der Waals surface area contributed by atoms with Crippen molar-refractivity contribution in [3.8, 4) is 0 Å². The molecule has 0 aliphatic heterocycles. The first-order valence-corrected chi connectivity index (χ1v) is 3.51. The fraction of sp³-hybridized carbons (Fsp3) is 0.286. The van der Waals surface area contributed by atoms with E-state index in [1.807, 2.05) is 0 Å². The van der Waals surface area contributed by atoms with Gasteiger partial charge in [-0.25, -0.2) is 0 Å². The maximum Gasteiger partial charge on any atom is 0.305 e. The van der Waals surface area contributed by atoms with E-state index in [0.717, 1.165) is 0 Å². The molecule has 5 heteroatoms. The second-order valence-corrected chi connectivity index (χ2v) is 2.57. The highest BCUT2D eigenvalue weighted by Gasteiger charge is 2.11. The molecule has 0 bridgehead atoms. The van der Waals surface area contributed by atoms with Crippen molar-refractivity contribution in [1.29, 1.82) is 0 Å². The molecule has 0 saturated heterocycles. The molecule has 6 N–H and O–H groups in total. The maximum absolute atomic E-state index is 10.3. The molecule has 0 amide bonds. The second kappa shape index (κ2) is 3.27. The SMILES string of the molecule is Nc1ccc(C(N)CC(=O)O)[nH]1. The number of aromatic amines is 1. The Bertz CT molecular complexity index is 282. The second-order valence-electron chi connectivity index (χ2n) is 2.57. The number of hydrogen-bond acceptors (Lipinski definition) is 3. The molecule has 1 atom stereocenters. The van der Waals surface area contributed by atoms with Crippen LogP contribution in [0, 0.1) is 0 Å². The van der Waals surface area contributed by atoms with Gasteiger partial charge in [-0.15, -0.1) is 0 Å². The third-order valence-electron chi connectivity index (χ3n) is 1.53. The lowest BCUT2D eigenvalue weighted by molar-refractivity contribution is -0.137. The number of nitrogens with two attached hydrogens (primary N) is 2. The van der Waals surface area contributed by atoms with Crippen molar-refractivity contribution in [3.05, 3.63) is 17.8 Å². The number of carboxylic acids is 1. The minimum Gasteiger partial charge on any atom is -0.481 e. The average Bonchev–Trinajstić information content (AvgIpc) is 2.34. The lowest BCUT2D eigenvalue weighted by atomic mass is 10.1. The van der Waals surface area contributed by atoms with Crippen LogP contribution in [0.25, 0.3) is 0 Å². The topological polar surface area (TPSA) is 105 Å². The highest BCUT2D eigenvalue weighted by atomic mass is 16.4. The number of aromatic nitrogens is 1. The van der Waals surface area contributed by atoms with E-state index >= 15 is 0 Å². The predicted octanol–water partition coefficient (Wildman–Crippen LogP) is 0.0714. The van der Waals surface area contributed by atoms with E-state index in [0.29, 0.717) is 11.5 Å². The predicted molar refractivity (Wildman–Crippen MR) is 44.4 cm³/mol. The molecule has 1 heterocycles. The molecule has 0 aromatic carbocycles. The number of rotatable bonds is 3. The Morgan fingerprint density at radius 3 is 2.75 bits per heavy atom. The van der Waals surface area contributed by atoms with Gasteiger partial charge in [0, 0.05) is 5.69 Å². The van der Waals surface area contributed by atoms with Gasteiger partial charge in [-0.1, -0.05) is 0 Å². The quantitative estimate of drug-likeness (QED) is 0.513. The normalized spacial score (nSPS) is 12.8. The molecular weight excluding hydrogens is 158 g/mol. The lowest BCUT2D eigenvalue weighted by Crippen LogP contribution is -2.15.